The Morgan fingerprint density at radius 2 is 2.14 bits per heavy atom. The van der Waals surface area contributed by atoms with E-state index in [-0.39, 0.29) is 5.91 Å². The zero-order valence-electron chi connectivity index (χ0n) is 11.3. The van der Waals surface area contributed by atoms with Crippen LogP contribution in [0.3, 0.4) is 0 Å². The highest BCUT2D eigenvalue weighted by Gasteiger charge is 2.25. The zero-order chi connectivity index (χ0) is 14.7. The summed E-state index contributed by atoms with van der Waals surface area (Å²) in [4.78, 5) is 22.1. The number of nitrogens with one attached hydrogen (secondary N) is 1. The Labute approximate surface area is 130 Å². The molecule has 3 heterocycles. The van der Waals surface area contributed by atoms with Gasteiger partial charge in [0.25, 0.3) is 5.91 Å². The average Bonchev–Trinajstić information content (AvgIpc) is 2.95. The smallest absolute Gasteiger partial charge is 0.289 e. The molecule has 0 saturated carbocycles. The third-order valence-electron chi connectivity index (χ3n) is 3.50. The Hall–Kier alpha value is -1.89. The van der Waals surface area contributed by atoms with Gasteiger partial charge in [-0.3, -0.25) is 4.79 Å². The number of aromatic nitrogens is 2. The van der Waals surface area contributed by atoms with Crippen LogP contribution in [0.1, 0.15) is 23.4 Å². The first-order valence-electron chi connectivity index (χ1n) is 6.79. The standard InChI is InChI=1S/C14H15BrN4O2/c15-12-2-1-11(21-12)14(20)19-7-4-10(5-8-19)18-13-3-6-16-9-17-13/h1-3,6,9-10H,4-5,7-8H2,(H,16,17,18). The lowest BCUT2D eigenvalue weighted by Gasteiger charge is -2.32. The topological polar surface area (TPSA) is 71.3 Å². The van der Waals surface area contributed by atoms with Gasteiger partial charge >= 0.3 is 0 Å². The van der Waals surface area contributed by atoms with E-state index < -0.39 is 0 Å². The van der Waals surface area contributed by atoms with Crippen molar-refractivity contribution in [1.29, 1.82) is 0 Å². The number of hydrogen-bond donors (Lipinski definition) is 1. The van der Waals surface area contributed by atoms with Gasteiger partial charge in [0, 0.05) is 25.3 Å². The molecule has 21 heavy (non-hydrogen) atoms. The first-order valence-corrected chi connectivity index (χ1v) is 7.59. The van der Waals surface area contributed by atoms with Gasteiger partial charge in [-0.25, -0.2) is 9.97 Å². The molecule has 2 aromatic heterocycles. The van der Waals surface area contributed by atoms with Gasteiger partial charge in [0.05, 0.1) is 0 Å². The van der Waals surface area contributed by atoms with Gasteiger partial charge in [0.15, 0.2) is 10.4 Å². The van der Waals surface area contributed by atoms with Crippen molar-refractivity contribution >= 4 is 27.7 Å². The second kappa shape index (κ2) is 6.26. The van der Waals surface area contributed by atoms with Crippen molar-refractivity contribution in [3.8, 4) is 0 Å². The van der Waals surface area contributed by atoms with Crippen LogP contribution < -0.4 is 5.32 Å². The summed E-state index contributed by atoms with van der Waals surface area (Å²) in [5.74, 6) is 1.15. The van der Waals surface area contributed by atoms with Crippen molar-refractivity contribution in [3.63, 3.8) is 0 Å². The lowest BCUT2D eigenvalue weighted by Crippen LogP contribution is -2.42. The van der Waals surface area contributed by atoms with Crippen LogP contribution in [0, 0.1) is 0 Å². The highest BCUT2D eigenvalue weighted by atomic mass is 79.9. The molecule has 3 rings (SSSR count). The molecule has 0 aliphatic carbocycles. The minimum absolute atomic E-state index is 0.0545. The van der Waals surface area contributed by atoms with Crippen molar-refractivity contribution in [2.45, 2.75) is 18.9 Å². The summed E-state index contributed by atoms with van der Waals surface area (Å²) >= 11 is 3.21. The molecule has 0 bridgehead atoms. The van der Waals surface area contributed by atoms with E-state index in [1.54, 1.807) is 18.3 Å². The molecule has 0 aromatic carbocycles. The first kappa shape index (κ1) is 14.1. The Morgan fingerprint density at radius 3 is 2.76 bits per heavy atom. The number of likely N-dealkylation sites (tertiary alicyclic amines) is 1. The molecule has 0 unspecified atom stereocenters. The van der Waals surface area contributed by atoms with Gasteiger partial charge in [-0.2, -0.15) is 0 Å². The van der Waals surface area contributed by atoms with Gasteiger partial charge in [-0.1, -0.05) is 0 Å². The van der Waals surface area contributed by atoms with Crippen LogP contribution in [-0.2, 0) is 0 Å². The summed E-state index contributed by atoms with van der Waals surface area (Å²) < 4.78 is 5.89. The molecule has 1 N–H and O–H groups in total. The number of carbonyl (C=O) groups is 1. The van der Waals surface area contributed by atoms with Crippen molar-refractivity contribution in [2.24, 2.45) is 0 Å². The highest BCUT2D eigenvalue weighted by Crippen LogP contribution is 2.19. The number of halogens is 1. The van der Waals surface area contributed by atoms with Gasteiger partial charge in [-0.15, -0.1) is 0 Å². The van der Waals surface area contributed by atoms with Crippen LogP contribution in [-0.4, -0.2) is 39.9 Å². The largest absolute Gasteiger partial charge is 0.444 e. The summed E-state index contributed by atoms with van der Waals surface area (Å²) in [5, 5.41) is 3.36. The predicted molar refractivity (Wildman–Crippen MR) is 81.0 cm³/mol. The molecule has 6 nitrogen and oxygen atoms in total. The quantitative estimate of drug-likeness (QED) is 0.920. The van der Waals surface area contributed by atoms with Gasteiger partial charge < -0.3 is 14.6 Å². The second-order valence-corrected chi connectivity index (χ2v) is 5.69. The van der Waals surface area contributed by atoms with Crippen molar-refractivity contribution in [2.75, 3.05) is 18.4 Å². The molecule has 7 heteroatoms. The van der Waals surface area contributed by atoms with Gasteiger partial charge in [0.1, 0.15) is 12.1 Å². The Kier molecular flexibility index (Phi) is 4.19. The van der Waals surface area contributed by atoms with Gasteiger partial charge in [0.2, 0.25) is 0 Å². The SMILES string of the molecule is O=C(c1ccc(Br)o1)N1CCC(Nc2ccncn2)CC1. The third kappa shape index (κ3) is 3.41. The fraction of sp³-hybridized carbons (Fsp3) is 0.357. The van der Waals surface area contributed by atoms with E-state index in [0.717, 1.165) is 18.7 Å². The van der Waals surface area contributed by atoms with E-state index in [2.05, 4.69) is 31.2 Å². The lowest BCUT2D eigenvalue weighted by molar-refractivity contribution is 0.0685. The minimum Gasteiger partial charge on any atom is -0.444 e. The van der Waals surface area contributed by atoms with E-state index in [0.29, 0.717) is 29.6 Å². The van der Waals surface area contributed by atoms with Crippen molar-refractivity contribution in [1.82, 2.24) is 14.9 Å². The fourth-order valence-corrected chi connectivity index (χ4v) is 2.70. The average molecular weight is 351 g/mol. The van der Waals surface area contributed by atoms with Crippen LogP contribution in [0.25, 0.3) is 0 Å². The summed E-state index contributed by atoms with van der Waals surface area (Å²) in [6.07, 6.45) is 5.01. The van der Waals surface area contributed by atoms with E-state index in [1.807, 2.05) is 11.0 Å². The van der Waals surface area contributed by atoms with E-state index in [1.165, 1.54) is 6.33 Å². The van der Waals surface area contributed by atoms with Crippen molar-refractivity contribution < 1.29 is 9.21 Å². The number of furan rings is 1. The minimum atomic E-state index is -0.0545. The second-order valence-electron chi connectivity index (χ2n) is 4.91. The van der Waals surface area contributed by atoms with Gasteiger partial charge in [-0.05, 0) is 47.0 Å². The number of carbonyl (C=O) groups excluding carboxylic acids is 1. The molecule has 110 valence electrons. The lowest BCUT2D eigenvalue weighted by atomic mass is 10.0. The maximum absolute atomic E-state index is 12.2. The van der Waals surface area contributed by atoms with Crippen molar-refractivity contribution in [3.05, 3.63) is 41.2 Å². The molecule has 1 fully saturated rings. The molecular formula is C14H15BrN4O2. The number of amides is 1. The highest BCUT2D eigenvalue weighted by molar-refractivity contribution is 9.10. The van der Waals surface area contributed by atoms with Crippen LogP contribution in [0.2, 0.25) is 0 Å². The molecule has 1 amide bonds. The molecular weight excluding hydrogens is 336 g/mol. The Balaban J connectivity index is 1.54. The molecule has 1 aliphatic rings. The molecule has 1 saturated heterocycles. The third-order valence-corrected chi connectivity index (χ3v) is 3.93. The number of piperidine rings is 1. The molecule has 2 aromatic rings. The van der Waals surface area contributed by atoms with Crippen LogP contribution in [0.15, 0.2) is 39.8 Å². The van der Waals surface area contributed by atoms with Crippen LogP contribution >= 0.6 is 15.9 Å². The Morgan fingerprint density at radius 1 is 1.33 bits per heavy atom. The number of nitrogens with zero attached hydrogens (tertiary/aromatic N) is 3. The molecule has 0 atom stereocenters. The van der Waals surface area contributed by atoms with E-state index in [4.69, 9.17) is 4.42 Å². The summed E-state index contributed by atoms with van der Waals surface area (Å²) in [6, 6.07) is 5.60. The monoisotopic (exact) mass is 350 g/mol. The fourth-order valence-electron chi connectivity index (χ4n) is 2.40. The maximum atomic E-state index is 12.2. The van der Waals surface area contributed by atoms with Crippen LogP contribution in [0.4, 0.5) is 5.82 Å². The Bertz CT molecular complexity index is 608. The predicted octanol–water partition coefficient (Wildman–Crippen LogP) is 2.55. The molecule has 0 spiro atoms. The summed E-state index contributed by atoms with van der Waals surface area (Å²) in [5.41, 5.74) is 0. The number of hydrogen-bond acceptors (Lipinski definition) is 5. The molecule has 0 radical (unpaired) electrons. The molecule has 1 aliphatic heterocycles. The maximum Gasteiger partial charge on any atom is 0.289 e. The summed E-state index contributed by atoms with van der Waals surface area (Å²) in [6.45, 7) is 1.42. The number of anilines is 1. The normalized spacial score (nSPS) is 16.0. The zero-order valence-corrected chi connectivity index (χ0v) is 12.9. The van der Waals surface area contributed by atoms with E-state index >= 15 is 0 Å². The van der Waals surface area contributed by atoms with E-state index in [9.17, 15) is 4.79 Å². The first-order chi connectivity index (χ1) is 10.2. The summed E-state index contributed by atoms with van der Waals surface area (Å²) in [7, 11) is 0. The van der Waals surface area contributed by atoms with Crippen LogP contribution in [0.5, 0.6) is 0 Å². The number of rotatable bonds is 3.